The van der Waals surface area contributed by atoms with E-state index in [0.717, 1.165) is 24.0 Å². The van der Waals surface area contributed by atoms with Gasteiger partial charge in [-0.05, 0) is 30.5 Å². The molecule has 170 valence electrons. The first-order valence-corrected chi connectivity index (χ1v) is 10.1. The summed E-state index contributed by atoms with van der Waals surface area (Å²) in [6, 6.07) is 7.75. The smallest absolute Gasteiger partial charge is 0.396 e. The Hall–Kier alpha value is -3.74. The van der Waals surface area contributed by atoms with Gasteiger partial charge in [-0.25, -0.2) is 9.37 Å². The molecular weight excluding hydrogens is 438 g/mol. The third-order valence-corrected chi connectivity index (χ3v) is 6.02. The van der Waals surface area contributed by atoms with Crippen molar-refractivity contribution in [3.05, 3.63) is 58.7 Å². The van der Waals surface area contributed by atoms with E-state index in [9.17, 15) is 27.6 Å². The maximum atomic E-state index is 14.4. The number of nitrogens with two attached hydrogens (primary N) is 1. The molecule has 0 saturated heterocycles. The van der Waals surface area contributed by atoms with Gasteiger partial charge in [-0.1, -0.05) is 12.1 Å². The Labute approximate surface area is 187 Å². The van der Waals surface area contributed by atoms with Gasteiger partial charge < -0.3 is 10.6 Å². The number of nitriles is 1. The molecule has 0 radical (unpaired) electrons. The van der Waals surface area contributed by atoms with Crippen molar-refractivity contribution >= 4 is 17.7 Å². The Bertz CT molecular complexity index is 1240. The Kier molecular flexibility index (Phi) is 5.44. The highest BCUT2D eigenvalue weighted by molar-refractivity contribution is 6.12. The van der Waals surface area contributed by atoms with E-state index < -0.39 is 29.6 Å². The highest BCUT2D eigenvalue weighted by Gasteiger charge is 2.62. The zero-order chi connectivity index (χ0) is 24.0. The predicted molar refractivity (Wildman–Crippen MR) is 113 cm³/mol. The molecule has 33 heavy (non-hydrogen) atoms. The van der Waals surface area contributed by atoms with Gasteiger partial charge in [0.25, 0.3) is 5.91 Å². The van der Waals surface area contributed by atoms with Crippen molar-refractivity contribution in [2.45, 2.75) is 25.6 Å². The lowest BCUT2D eigenvalue weighted by Crippen LogP contribution is -2.27. The van der Waals surface area contributed by atoms with Crippen LogP contribution in [0.15, 0.2) is 35.5 Å². The highest BCUT2D eigenvalue weighted by atomic mass is 19.4. The van der Waals surface area contributed by atoms with E-state index in [-0.39, 0.29) is 35.6 Å². The Balaban J connectivity index is 1.75. The van der Waals surface area contributed by atoms with E-state index in [1.165, 1.54) is 0 Å². The molecule has 1 fully saturated rings. The number of aromatic nitrogens is 1. The van der Waals surface area contributed by atoms with Gasteiger partial charge in [0.1, 0.15) is 6.07 Å². The number of carbonyl (C=O) groups excluding carboxylic acids is 1. The fourth-order valence-corrected chi connectivity index (χ4v) is 3.80. The Morgan fingerprint density at radius 3 is 2.70 bits per heavy atom. The molecule has 1 aliphatic heterocycles. The van der Waals surface area contributed by atoms with Crippen LogP contribution in [0.4, 0.5) is 17.6 Å². The molecule has 1 amide bonds. The van der Waals surface area contributed by atoms with Crippen molar-refractivity contribution in [2.75, 3.05) is 13.6 Å². The zero-order valence-electron chi connectivity index (χ0n) is 17.6. The molecule has 2 aliphatic rings. The number of halogens is 4. The van der Waals surface area contributed by atoms with Crippen molar-refractivity contribution in [2.24, 2.45) is 16.1 Å². The third kappa shape index (κ3) is 3.95. The second kappa shape index (κ2) is 7.99. The maximum absolute atomic E-state index is 14.4. The van der Waals surface area contributed by atoms with E-state index in [1.807, 2.05) is 0 Å². The number of alkyl halides is 3. The summed E-state index contributed by atoms with van der Waals surface area (Å²) in [7, 11) is 1.66. The van der Waals surface area contributed by atoms with Gasteiger partial charge in [-0.15, -0.1) is 0 Å². The van der Waals surface area contributed by atoms with E-state index in [2.05, 4.69) is 9.98 Å². The van der Waals surface area contributed by atoms with Gasteiger partial charge in [0, 0.05) is 48.3 Å². The molecule has 2 N–H and O–H groups in total. The van der Waals surface area contributed by atoms with Gasteiger partial charge in [-0.2, -0.15) is 18.4 Å². The number of rotatable bonds is 5. The first-order valence-electron chi connectivity index (χ1n) is 10.1. The normalized spacial score (nSPS) is 17.4. The van der Waals surface area contributed by atoms with E-state index in [1.54, 1.807) is 36.2 Å². The van der Waals surface area contributed by atoms with Crippen molar-refractivity contribution in [1.82, 2.24) is 9.88 Å². The first kappa shape index (κ1) is 22.5. The van der Waals surface area contributed by atoms with Crippen molar-refractivity contribution in [3.63, 3.8) is 0 Å². The standard InChI is InChI=1S/C23H19F4N5O/c1-32-11-14-3-2-13(6-17(14)21(32)33)20-16(7-18(24)19(9-29)31-20)15(8-28)10-30-12-22(4-5-22)23(25,26)27/h2-3,6-8,10H,4-5,11-12,28H2,1H3. The minimum absolute atomic E-state index is 0.00537. The van der Waals surface area contributed by atoms with Crippen LogP contribution in [0, 0.1) is 22.6 Å². The summed E-state index contributed by atoms with van der Waals surface area (Å²) in [6.07, 6.45) is -2.09. The Morgan fingerprint density at radius 1 is 1.36 bits per heavy atom. The number of allylic oxidation sites excluding steroid dienone is 1. The average Bonchev–Trinajstić information content (AvgIpc) is 3.52. The van der Waals surface area contributed by atoms with Crippen molar-refractivity contribution < 1.29 is 22.4 Å². The summed E-state index contributed by atoms with van der Waals surface area (Å²) < 4.78 is 54.0. The van der Waals surface area contributed by atoms with Gasteiger partial charge in [0.2, 0.25) is 0 Å². The number of nitrogens with zero attached hydrogens (tertiary/aromatic N) is 4. The van der Waals surface area contributed by atoms with Crippen LogP contribution in [0.1, 0.15) is 40.0 Å². The molecule has 0 atom stereocenters. The molecule has 1 aromatic carbocycles. The molecule has 2 heterocycles. The van der Waals surface area contributed by atoms with Crippen LogP contribution >= 0.6 is 0 Å². The molecule has 0 bridgehead atoms. The minimum atomic E-state index is -4.35. The number of amides is 1. The average molecular weight is 457 g/mol. The molecule has 1 aromatic heterocycles. The predicted octanol–water partition coefficient (Wildman–Crippen LogP) is 4.06. The number of benzene rings is 1. The third-order valence-electron chi connectivity index (χ3n) is 6.02. The number of hydrogen-bond donors (Lipinski definition) is 1. The van der Waals surface area contributed by atoms with Crippen LogP contribution in [-0.4, -0.2) is 41.8 Å². The summed E-state index contributed by atoms with van der Waals surface area (Å²) in [5, 5.41) is 9.24. The fraction of sp³-hybridized carbons (Fsp3) is 0.304. The lowest BCUT2D eigenvalue weighted by atomic mass is 9.97. The Morgan fingerprint density at radius 2 is 2.09 bits per heavy atom. The van der Waals surface area contributed by atoms with E-state index in [0.29, 0.717) is 17.7 Å². The molecule has 4 rings (SSSR count). The molecule has 1 saturated carbocycles. The van der Waals surface area contributed by atoms with Crippen LogP contribution < -0.4 is 5.73 Å². The number of fused-ring (bicyclic) bond motifs is 1. The SMILES string of the molecule is CN1Cc2ccc(-c3nc(C#N)c(F)cc3C(C=NCC3(C(F)(F)F)CC3)=CN)cc2C1=O. The van der Waals surface area contributed by atoms with Gasteiger partial charge >= 0.3 is 6.18 Å². The van der Waals surface area contributed by atoms with Crippen LogP contribution in [-0.2, 0) is 6.54 Å². The lowest BCUT2D eigenvalue weighted by molar-refractivity contribution is -0.183. The van der Waals surface area contributed by atoms with Gasteiger partial charge in [-0.3, -0.25) is 9.79 Å². The highest BCUT2D eigenvalue weighted by Crippen LogP contribution is 2.57. The molecule has 0 spiro atoms. The maximum Gasteiger partial charge on any atom is 0.396 e. The van der Waals surface area contributed by atoms with E-state index in [4.69, 9.17) is 5.73 Å². The summed E-state index contributed by atoms with van der Waals surface area (Å²) in [5.41, 5.74) is 5.58. The first-order chi connectivity index (χ1) is 15.6. The second-order valence-corrected chi connectivity index (χ2v) is 8.23. The van der Waals surface area contributed by atoms with Crippen molar-refractivity contribution in [1.29, 1.82) is 5.26 Å². The van der Waals surface area contributed by atoms with Crippen LogP contribution in [0.3, 0.4) is 0 Å². The summed E-state index contributed by atoms with van der Waals surface area (Å²) in [5.74, 6) is -1.09. The van der Waals surface area contributed by atoms with Crippen LogP contribution in [0.2, 0.25) is 0 Å². The summed E-state index contributed by atoms with van der Waals surface area (Å²) >= 11 is 0. The van der Waals surface area contributed by atoms with E-state index >= 15 is 0 Å². The molecule has 1 aliphatic carbocycles. The van der Waals surface area contributed by atoms with Crippen LogP contribution in [0.5, 0.6) is 0 Å². The molecule has 10 heteroatoms. The number of carbonyl (C=O) groups is 1. The molecule has 6 nitrogen and oxygen atoms in total. The molecule has 0 unspecified atom stereocenters. The number of hydrogen-bond acceptors (Lipinski definition) is 5. The molecule has 2 aromatic rings. The quantitative estimate of drug-likeness (QED) is 0.541. The molecular formula is C23H19F4N5O. The summed E-state index contributed by atoms with van der Waals surface area (Å²) in [4.78, 5) is 22.0. The minimum Gasteiger partial charge on any atom is -0.404 e. The summed E-state index contributed by atoms with van der Waals surface area (Å²) in [6.45, 7) is -0.0157. The topological polar surface area (TPSA) is 95.4 Å². The zero-order valence-corrected chi connectivity index (χ0v) is 17.6. The monoisotopic (exact) mass is 457 g/mol. The lowest BCUT2D eigenvalue weighted by Gasteiger charge is -2.16. The number of pyridine rings is 1. The van der Waals surface area contributed by atoms with Crippen LogP contribution in [0.25, 0.3) is 16.8 Å². The van der Waals surface area contributed by atoms with Gasteiger partial charge in [0.15, 0.2) is 11.5 Å². The van der Waals surface area contributed by atoms with Crippen molar-refractivity contribution in [3.8, 4) is 17.3 Å². The number of aliphatic imine (C=N–C) groups is 1. The second-order valence-electron chi connectivity index (χ2n) is 8.23. The fourth-order valence-electron chi connectivity index (χ4n) is 3.80. The van der Waals surface area contributed by atoms with Gasteiger partial charge in [0.05, 0.1) is 17.7 Å². The largest absolute Gasteiger partial charge is 0.404 e.